The zero-order valence-electron chi connectivity index (χ0n) is 8.25. The molecule has 2 nitrogen and oxygen atoms in total. The van der Waals surface area contributed by atoms with Crippen LogP contribution in [0.3, 0.4) is 0 Å². The van der Waals surface area contributed by atoms with Crippen LogP contribution in [-0.4, -0.2) is 9.97 Å². The molecule has 2 rings (SSSR count). The monoisotopic (exact) mass is 332 g/mol. The number of nitrogens with zero attached hydrogens (tertiary/aromatic N) is 1. The van der Waals surface area contributed by atoms with E-state index in [-0.39, 0.29) is 5.52 Å². The third kappa shape index (κ3) is 2.18. The summed E-state index contributed by atoms with van der Waals surface area (Å²) in [6.07, 6.45) is -9.40. The van der Waals surface area contributed by atoms with E-state index in [1.165, 1.54) is 0 Å². The zero-order chi connectivity index (χ0) is 13.7. The number of aromatic amines is 1. The molecule has 0 aliphatic carbocycles. The van der Waals surface area contributed by atoms with Crippen LogP contribution in [0.4, 0.5) is 26.3 Å². The smallest absolute Gasteiger partial charge is 0.334 e. The van der Waals surface area contributed by atoms with Crippen LogP contribution in [0.15, 0.2) is 16.6 Å². The first-order valence-corrected chi connectivity index (χ1v) is 5.22. The van der Waals surface area contributed by atoms with Crippen molar-refractivity contribution in [3.8, 4) is 0 Å². The van der Waals surface area contributed by atoms with Gasteiger partial charge in [0, 0.05) is 0 Å². The standard InChI is InChI=1S/C9H3BrF6N2/c10-5-3(8(11,12)13)1-2-4-6(5)18-7(17-4)9(14,15)16/h1-2H,(H,17,18). The zero-order valence-corrected chi connectivity index (χ0v) is 9.83. The first-order valence-electron chi connectivity index (χ1n) is 4.43. The Kier molecular flexibility index (Phi) is 2.84. The van der Waals surface area contributed by atoms with Crippen molar-refractivity contribution in [3.05, 3.63) is 28.0 Å². The van der Waals surface area contributed by atoms with E-state index in [0.29, 0.717) is 6.07 Å². The van der Waals surface area contributed by atoms with Gasteiger partial charge < -0.3 is 4.98 Å². The van der Waals surface area contributed by atoms with Crippen LogP contribution >= 0.6 is 15.9 Å². The van der Waals surface area contributed by atoms with Crippen molar-refractivity contribution in [1.29, 1.82) is 0 Å². The van der Waals surface area contributed by atoms with Crippen LogP contribution < -0.4 is 0 Å². The van der Waals surface area contributed by atoms with Crippen LogP contribution in [0.25, 0.3) is 11.0 Å². The fraction of sp³-hybridized carbons (Fsp3) is 0.222. The highest BCUT2D eigenvalue weighted by Gasteiger charge is 2.37. The Morgan fingerprint density at radius 3 is 2.11 bits per heavy atom. The Labute approximate surface area is 104 Å². The molecule has 9 heteroatoms. The third-order valence-electron chi connectivity index (χ3n) is 2.17. The van der Waals surface area contributed by atoms with Gasteiger partial charge in [0.25, 0.3) is 0 Å². The van der Waals surface area contributed by atoms with Crippen molar-refractivity contribution in [2.24, 2.45) is 0 Å². The number of rotatable bonds is 0. The second-order valence-electron chi connectivity index (χ2n) is 3.40. The summed E-state index contributed by atoms with van der Waals surface area (Å²) in [4.78, 5) is 5.05. The molecule has 0 radical (unpaired) electrons. The molecule has 1 aromatic carbocycles. The molecule has 0 atom stereocenters. The van der Waals surface area contributed by atoms with Gasteiger partial charge in [-0.15, -0.1) is 0 Å². The highest BCUT2D eigenvalue weighted by Crippen LogP contribution is 2.39. The van der Waals surface area contributed by atoms with Gasteiger partial charge in [-0.25, -0.2) is 4.98 Å². The van der Waals surface area contributed by atoms with Crippen molar-refractivity contribution in [3.63, 3.8) is 0 Å². The van der Waals surface area contributed by atoms with Crippen LogP contribution in [0.5, 0.6) is 0 Å². The van der Waals surface area contributed by atoms with Crippen LogP contribution in [0, 0.1) is 0 Å². The molecule has 0 fully saturated rings. The SMILES string of the molecule is FC(F)(F)c1nc2c(Br)c(C(F)(F)F)ccc2[nH]1. The van der Waals surface area contributed by atoms with E-state index in [4.69, 9.17) is 0 Å². The summed E-state index contributed by atoms with van der Waals surface area (Å²) < 4.78 is 74.1. The van der Waals surface area contributed by atoms with Gasteiger partial charge in [0.05, 0.1) is 15.6 Å². The molecular formula is C9H3BrF6N2. The molecule has 1 aromatic heterocycles. The second-order valence-corrected chi connectivity index (χ2v) is 4.20. The molecule has 2 aromatic rings. The lowest BCUT2D eigenvalue weighted by molar-refractivity contribution is -0.144. The molecule has 98 valence electrons. The number of imidazole rings is 1. The summed E-state index contributed by atoms with van der Waals surface area (Å²) >= 11 is 2.63. The van der Waals surface area contributed by atoms with Gasteiger partial charge in [0.1, 0.15) is 5.52 Å². The number of halogens is 7. The maximum absolute atomic E-state index is 12.5. The predicted octanol–water partition coefficient (Wildman–Crippen LogP) is 4.36. The number of nitrogens with one attached hydrogen (secondary N) is 1. The number of aromatic nitrogens is 2. The van der Waals surface area contributed by atoms with E-state index in [1.54, 1.807) is 0 Å². The minimum Gasteiger partial charge on any atom is -0.334 e. The molecule has 0 unspecified atom stereocenters. The van der Waals surface area contributed by atoms with Crippen molar-refractivity contribution in [1.82, 2.24) is 9.97 Å². The number of H-pyrrole nitrogens is 1. The topological polar surface area (TPSA) is 28.7 Å². The Bertz CT molecular complexity index is 597. The maximum Gasteiger partial charge on any atom is 0.449 e. The van der Waals surface area contributed by atoms with Gasteiger partial charge in [-0.3, -0.25) is 0 Å². The largest absolute Gasteiger partial charge is 0.449 e. The van der Waals surface area contributed by atoms with Crippen LogP contribution in [0.1, 0.15) is 11.4 Å². The van der Waals surface area contributed by atoms with Crippen molar-refractivity contribution < 1.29 is 26.3 Å². The summed E-state index contributed by atoms with van der Waals surface area (Å²) in [5, 5.41) is 0. The number of fused-ring (bicyclic) bond motifs is 1. The van der Waals surface area contributed by atoms with Crippen molar-refractivity contribution in [2.45, 2.75) is 12.4 Å². The molecule has 0 saturated carbocycles. The third-order valence-corrected chi connectivity index (χ3v) is 2.97. The van der Waals surface area contributed by atoms with Gasteiger partial charge in [-0.2, -0.15) is 26.3 Å². The second kappa shape index (κ2) is 3.87. The Hall–Kier alpha value is -1.25. The molecule has 0 aliphatic heterocycles. The number of hydrogen-bond acceptors (Lipinski definition) is 1. The Morgan fingerprint density at radius 1 is 1.00 bits per heavy atom. The van der Waals surface area contributed by atoms with Crippen LogP contribution in [-0.2, 0) is 12.4 Å². The molecule has 0 amide bonds. The minimum atomic E-state index is -4.74. The summed E-state index contributed by atoms with van der Waals surface area (Å²) in [6, 6.07) is 1.59. The van der Waals surface area contributed by atoms with Gasteiger partial charge in [-0.05, 0) is 28.1 Å². The number of hydrogen-bond donors (Lipinski definition) is 1. The lowest BCUT2D eigenvalue weighted by atomic mass is 10.2. The van der Waals surface area contributed by atoms with E-state index in [0.717, 1.165) is 6.07 Å². The fourth-order valence-corrected chi connectivity index (χ4v) is 2.05. The molecule has 0 saturated heterocycles. The lowest BCUT2D eigenvalue weighted by Crippen LogP contribution is -2.07. The molecule has 1 N–H and O–H groups in total. The minimum absolute atomic E-state index is 0.123. The summed E-state index contributed by atoms with van der Waals surface area (Å²) in [6.45, 7) is 0. The average Bonchev–Trinajstić information content (AvgIpc) is 2.59. The van der Waals surface area contributed by atoms with E-state index < -0.39 is 33.7 Å². The summed E-state index contributed by atoms with van der Waals surface area (Å²) in [7, 11) is 0. The molecule has 18 heavy (non-hydrogen) atoms. The van der Waals surface area contributed by atoms with E-state index in [1.807, 2.05) is 4.98 Å². The van der Waals surface area contributed by atoms with Gasteiger partial charge in [0.15, 0.2) is 0 Å². The number of benzene rings is 1. The maximum atomic E-state index is 12.5. The summed E-state index contributed by atoms with van der Waals surface area (Å²) in [5.74, 6) is -1.34. The molecule has 0 aliphatic rings. The molecule has 1 heterocycles. The first kappa shape index (κ1) is 13.2. The van der Waals surface area contributed by atoms with Gasteiger partial charge >= 0.3 is 12.4 Å². The molecular weight excluding hydrogens is 330 g/mol. The highest BCUT2D eigenvalue weighted by atomic mass is 79.9. The Balaban J connectivity index is 2.69. The normalized spacial score (nSPS) is 13.3. The highest BCUT2D eigenvalue weighted by molar-refractivity contribution is 9.10. The number of alkyl halides is 6. The van der Waals surface area contributed by atoms with E-state index >= 15 is 0 Å². The summed E-state index contributed by atoms with van der Waals surface area (Å²) in [5.41, 5.74) is -1.60. The molecule has 0 bridgehead atoms. The molecule has 0 spiro atoms. The van der Waals surface area contributed by atoms with Crippen LogP contribution in [0.2, 0.25) is 0 Å². The van der Waals surface area contributed by atoms with E-state index in [9.17, 15) is 26.3 Å². The van der Waals surface area contributed by atoms with Crippen molar-refractivity contribution in [2.75, 3.05) is 0 Å². The first-order chi connectivity index (χ1) is 8.10. The Morgan fingerprint density at radius 2 is 1.61 bits per heavy atom. The quantitative estimate of drug-likeness (QED) is 0.713. The van der Waals surface area contributed by atoms with Gasteiger partial charge in [-0.1, -0.05) is 0 Å². The predicted molar refractivity (Wildman–Crippen MR) is 53.8 cm³/mol. The van der Waals surface area contributed by atoms with Crippen molar-refractivity contribution >= 4 is 27.0 Å². The average molecular weight is 333 g/mol. The fourth-order valence-electron chi connectivity index (χ4n) is 1.40. The van der Waals surface area contributed by atoms with Gasteiger partial charge in [0.2, 0.25) is 5.82 Å². The van der Waals surface area contributed by atoms with E-state index in [2.05, 4.69) is 20.9 Å². The lowest BCUT2D eigenvalue weighted by Gasteiger charge is -2.08.